The molecule has 1 rings (SSSR count). The van der Waals surface area contributed by atoms with Crippen molar-refractivity contribution in [3.05, 3.63) is 0 Å². The van der Waals surface area contributed by atoms with E-state index < -0.39 is 0 Å². The molecule has 0 unspecified atom stereocenters. The first kappa shape index (κ1) is 3.85. The average molecular weight is 84.1 g/mol. The molecule has 34 valence electrons. The lowest BCUT2D eigenvalue weighted by Gasteiger charge is -1.68. The van der Waals surface area contributed by atoms with Crippen molar-refractivity contribution in [3.8, 4) is 0 Å². The Bertz CT molecular complexity index is 74.0. The number of hydrogen-bond acceptors (Lipinski definition) is 0. The highest BCUT2D eigenvalue weighted by molar-refractivity contribution is 5.76. The van der Waals surface area contributed by atoms with E-state index in [9.17, 15) is 0 Å². The molecule has 0 saturated carbocycles. The Balaban J connectivity index is 2.45. The van der Waals surface area contributed by atoms with Crippen LogP contribution in [0, 0.1) is 0 Å². The van der Waals surface area contributed by atoms with Gasteiger partial charge in [0.25, 0.3) is 0 Å². The third kappa shape index (κ3) is 0.588. The van der Waals surface area contributed by atoms with Crippen LogP contribution < -0.4 is 4.99 Å². The van der Waals surface area contributed by atoms with Crippen molar-refractivity contribution in [2.75, 3.05) is 6.54 Å². The topological polar surface area (TPSA) is 14.0 Å². The first-order valence-electron chi connectivity index (χ1n) is 2.46. The maximum Gasteiger partial charge on any atom is 0.147 e. The van der Waals surface area contributed by atoms with Crippen LogP contribution in [-0.2, 0) is 0 Å². The van der Waals surface area contributed by atoms with Crippen LogP contribution in [0.4, 0.5) is 0 Å². The van der Waals surface area contributed by atoms with Gasteiger partial charge in [0.05, 0.1) is 0 Å². The van der Waals surface area contributed by atoms with Crippen LogP contribution in [0.3, 0.4) is 0 Å². The SMILES string of the molecule is CC1=[NH+]CCC1. The molecule has 6 heavy (non-hydrogen) atoms. The summed E-state index contributed by atoms with van der Waals surface area (Å²) in [4.78, 5) is 3.24. The fourth-order valence-electron chi connectivity index (χ4n) is 0.744. The summed E-state index contributed by atoms with van der Waals surface area (Å²) in [6, 6.07) is 0. The maximum absolute atomic E-state index is 3.24. The molecule has 0 aliphatic carbocycles. The number of nitrogens with one attached hydrogen (secondary N) is 1. The molecule has 1 heteroatoms. The minimum atomic E-state index is 1.20. The Hall–Kier alpha value is -0.330. The highest BCUT2D eigenvalue weighted by Crippen LogP contribution is 1.86. The molecule has 1 N–H and O–H groups in total. The van der Waals surface area contributed by atoms with Crippen molar-refractivity contribution < 1.29 is 4.99 Å². The van der Waals surface area contributed by atoms with Crippen LogP contribution in [0.15, 0.2) is 0 Å². The van der Waals surface area contributed by atoms with Gasteiger partial charge in [-0.2, -0.15) is 0 Å². The molecule has 0 spiro atoms. The van der Waals surface area contributed by atoms with Crippen molar-refractivity contribution in [2.24, 2.45) is 0 Å². The molecule has 0 radical (unpaired) electrons. The van der Waals surface area contributed by atoms with Gasteiger partial charge >= 0.3 is 0 Å². The monoisotopic (exact) mass is 84.1 g/mol. The summed E-state index contributed by atoms with van der Waals surface area (Å²) in [5, 5.41) is 0. The van der Waals surface area contributed by atoms with Crippen LogP contribution >= 0.6 is 0 Å². The molecule has 0 aromatic heterocycles. The standard InChI is InChI=1S/C5H9N/c1-5-3-2-4-6-5/h2-4H2,1H3/p+1. The molecule has 0 saturated heterocycles. The molecule has 0 fully saturated rings. The van der Waals surface area contributed by atoms with Gasteiger partial charge in [-0.25, -0.2) is 4.99 Å². The summed E-state index contributed by atoms with van der Waals surface area (Å²) >= 11 is 0. The van der Waals surface area contributed by atoms with Gasteiger partial charge in [-0.05, 0) is 0 Å². The van der Waals surface area contributed by atoms with E-state index in [0.29, 0.717) is 0 Å². The van der Waals surface area contributed by atoms with E-state index in [-0.39, 0.29) is 0 Å². The minimum absolute atomic E-state index is 1.20. The summed E-state index contributed by atoms with van der Waals surface area (Å²) in [5.41, 5.74) is 1.45. The number of hydrogen-bond donors (Lipinski definition) is 1. The summed E-state index contributed by atoms with van der Waals surface area (Å²) in [6.07, 6.45) is 2.63. The lowest BCUT2D eigenvalue weighted by Crippen LogP contribution is -2.68. The molecular formula is C5H10N+. The third-order valence-corrected chi connectivity index (χ3v) is 1.16. The molecule has 0 atom stereocenters. The van der Waals surface area contributed by atoms with Gasteiger partial charge in [-0.3, -0.25) is 0 Å². The summed E-state index contributed by atoms with van der Waals surface area (Å²) < 4.78 is 0. The Morgan fingerprint density at radius 1 is 1.67 bits per heavy atom. The van der Waals surface area contributed by atoms with E-state index in [2.05, 4.69) is 11.9 Å². The lowest BCUT2D eigenvalue weighted by atomic mass is 10.3. The molecule has 1 nitrogen and oxygen atoms in total. The largest absolute Gasteiger partial charge is 0.249 e. The van der Waals surface area contributed by atoms with Gasteiger partial charge < -0.3 is 0 Å². The van der Waals surface area contributed by atoms with E-state index in [1.54, 1.807) is 0 Å². The first-order chi connectivity index (χ1) is 2.89. The predicted molar refractivity (Wildman–Crippen MR) is 25.7 cm³/mol. The van der Waals surface area contributed by atoms with Crippen LogP contribution in [0.25, 0.3) is 0 Å². The Morgan fingerprint density at radius 3 is 2.67 bits per heavy atom. The fraction of sp³-hybridized carbons (Fsp3) is 0.800. The molecular weight excluding hydrogens is 74.1 g/mol. The van der Waals surface area contributed by atoms with Gasteiger partial charge in [0.2, 0.25) is 0 Å². The summed E-state index contributed by atoms with van der Waals surface area (Å²) in [7, 11) is 0. The Labute approximate surface area is 38.1 Å². The lowest BCUT2D eigenvalue weighted by molar-refractivity contribution is -0.447. The minimum Gasteiger partial charge on any atom is -0.249 e. The van der Waals surface area contributed by atoms with Gasteiger partial charge in [0.15, 0.2) is 0 Å². The van der Waals surface area contributed by atoms with Gasteiger partial charge in [-0.1, -0.05) is 0 Å². The van der Waals surface area contributed by atoms with Gasteiger partial charge in [-0.15, -0.1) is 0 Å². The van der Waals surface area contributed by atoms with Crippen molar-refractivity contribution in [1.82, 2.24) is 0 Å². The zero-order valence-corrected chi connectivity index (χ0v) is 4.12. The van der Waals surface area contributed by atoms with E-state index in [4.69, 9.17) is 0 Å². The zero-order chi connectivity index (χ0) is 4.41. The Kier molecular flexibility index (Phi) is 0.906. The van der Waals surface area contributed by atoms with Crippen molar-refractivity contribution in [3.63, 3.8) is 0 Å². The average Bonchev–Trinajstić information content (AvgIpc) is 1.86. The molecule has 0 bridgehead atoms. The molecule has 1 aliphatic rings. The molecule has 1 aliphatic heterocycles. The highest BCUT2D eigenvalue weighted by atomic mass is 14.7. The normalized spacial score (nSPS) is 21.2. The van der Waals surface area contributed by atoms with E-state index in [0.717, 1.165) is 0 Å². The third-order valence-electron chi connectivity index (χ3n) is 1.16. The maximum atomic E-state index is 3.24. The quantitative estimate of drug-likeness (QED) is 0.400. The van der Waals surface area contributed by atoms with Crippen LogP contribution in [0.1, 0.15) is 19.8 Å². The fourth-order valence-corrected chi connectivity index (χ4v) is 0.744. The van der Waals surface area contributed by atoms with Crippen molar-refractivity contribution in [1.29, 1.82) is 0 Å². The molecule has 1 heterocycles. The van der Waals surface area contributed by atoms with E-state index >= 15 is 0 Å². The second-order valence-electron chi connectivity index (χ2n) is 1.81. The van der Waals surface area contributed by atoms with Crippen LogP contribution in [-0.4, -0.2) is 12.3 Å². The second kappa shape index (κ2) is 1.41. The van der Waals surface area contributed by atoms with E-state index in [1.165, 1.54) is 25.1 Å². The molecule has 0 aromatic rings. The van der Waals surface area contributed by atoms with Crippen molar-refractivity contribution >= 4 is 5.71 Å². The number of rotatable bonds is 0. The van der Waals surface area contributed by atoms with Gasteiger partial charge in [0.1, 0.15) is 12.3 Å². The Morgan fingerprint density at radius 2 is 2.50 bits per heavy atom. The highest BCUT2D eigenvalue weighted by Gasteiger charge is 2.04. The van der Waals surface area contributed by atoms with E-state index in [1.807, 2.05) is 0 Å². The first-order valence-corrected chi connectivity index (χ1v) is 2.46. The van der Waals surface area contributed by atoms with Crippen molar-refractivity contribution in [2.45, 2.75) is 19.8 Å². The second-order valence-corrected chi connectivity index (χ2v) is 1.81. The molecule has 0 aromatic carbocycles. The van der Waals surface area contributed by atoms with Gasteiger partial charge in [0, 0.05) is 19.8 Å². The summed E-state index contributed by atoms with van der Waals surface area (Å²) in [5.74, 6) is 0. The smallest absolute Gasteiger partial charge is 0.147 e. The molecule has 0 amide bonds. The predicted octanol–water partition coefficient (Wildman–Crippen LogP) is -0.678. The van der Waals surface area contributed by atoms with Crippen LogP contribution in [0.5, 0.6) is 0 Å². The zero-order valence-electron chi connectivity index (χ0n) is 4.12. The summed E-state index contributed by atoms with van der Waals surface area (Å²) in [6.45, 7) is 3.35. The van der Waals surface area contributed by atoms with Crippen LogP contribution in [0.2, 0.25) is 0 Å².